The summed E-state index contributed by atoms with van der Waals surface area (Å²) in [6.45, 7) is 7.99. The van der Waals surface area contributed by atoms with Gasteiger partial charge in [0.2, 0.25) is 0 Å². The number of halogens is 1. The molecule has 0 aromatic carbocycles. The van der Waals surface area contributed by atoms with E-state index >= 15 is 0 Å². The van der Waals surface area contributed by atoms with Crippen molar-refractivity contribution in [1.29, 1.82) is 0 Å². The molecule has 1 nitrogen and oxygen atoms in total. The van der Waals surface area contributed by atoms with Crippen LogP contribution in [0, 0.1) is 6.54 Å². The molecule has 0 aromatic heterocycles. The van der Waals surface area contributed by atoms with Crippen LogP contribution in [0.5, 0.6) is 0 Å². The van der Waals surface area contributed by atoms with Crippen LogP contribution in [-0.2, 0) is 0 Å². The second kappa shape index (κ2) is 4.13. The third-order valence-corrected chi connectivity index (χ3v) is 2.17. The van der Waals surface area contributed by atoms with Gasteiger partial charge in [0, 0.05) is 6.54 Å². The van der Waals surface area contributed by atoms with Gasteiger partial charge in [-0.1, -0.05) is 13.8 Å². The van der Waals surface area contributed by atoms with E-state index in [2.05, 4.69) is 19.2 Å². The van der Waals surface area contributed by atoms with E-state index in [1.165, 1.54) is 0 Å². The summed E-state index contributed by atoms with van der Waals surface area (Å²) >= 11 is 6.07. The minimum absolute atomic E-state index is 0.200. The van der Waals surface area contributed by atoms with E-state index in [0.717, 1.165) is 12.8 Å². The van der Waals surface area contributed by atoms with Crippen molar-refractivity contribution in [2.45, 2.75) is 38.6 Å². The van der Waals surface area contributed by atoms with Crippen LogP contribution >= 0.6 is 11.6 Å². The zero-order valence-corrected chi connectivity index (χ0v) is 7.13. The van der Waals surface area contributed by atoms with Crippen LogP contribution in [0.2, 0.25) is 0 Å². The van der Waals surface area contributed by atoms with E-state index in [-0.39, 0.29) is 5.00 Å². The monoisotopic (exact) mass is 148 g/mol. The second-order valence-electron chi connectivity index (χ2n) is 2.11. The molecule has 0 saturated heterocycles. The van der Waals surface area contributed by atoms with Gasteiger partial charge in [0.15, 0.2) is 0 Å². The largest absolute Gasteiger partial charge is 0.295 e. The van der Waals surface area contributed by atoms with E-state index in [4.69, 9.17) is 11.6 Å². The second-order valence-corrected chi connectivity index (χ2v) is 2.83. The van der Waals surface area contributed by atoms with Crippen molar-refractivity contribution < 1.29 is 0 Å². The number of hydrogen-bond acceptors (Lipinski definition) is 1. The van der Waals surface area contributed by atoms with Gasteiger partial charge in [0.1, 0.15) is 0 Å². The molecule has 0 amide bonds. The van der Waals surface area contributed by atoms with Crippen molar-refractivity contribution >= 4 is 11.6 Å². The predicted octanol–water partition coefficient (Wildman–Crippen LogP) is 2.51. The molecule has 0 aromatic rings. The molecule has 0 heterocycles. The fourth-order valence-corrected chi connectivity index (χ4v) is 0.822. The van der Waals surface area contributed by atoms with Crippen LogP contribution in [0.3, 0.4) is 0 Å². The summed E-state index contributed by atoms with van der Waals surface area (Å²) in [5.74, 6) is 0. The Balaban J connectivity index is 3.62. The fraction of sp³-hybridized carbons (Fsp3) is 0.857. The van der Waals surface area contributed by atoms with Crippen molar-refractivity contribution in [3.8, 4) is 0 Å². The summed E-state index contributed by atoms with van der Waals surface area (Å²) in [6.07, 6.45) is 1.91. The molecule has 0 aliphatic rings. The van der Waals surface area contributed by atoms with Crippen molar-refractivity contribution in [2.24, 2.45) is 0 Å². The maximum atomic E-state index is 6.07. The summed E-state index contributed by atoms with van der Waals surface area (Å²) < 4.78 is 0. The van der Waals surface area contributed by atoms with Gasteiger partial charge < -0.3 is 0 Å². The summed E-state index contributed by atoms with van der Waals surface area (Å²) in [5.41, 5.74) is 0. The lowest BCUT2D eigenvalue weighted by molar-refractivity contribution is 0.467. The number of alkyl halides is 1. The highest BCUT2D eigenvalue weighted by Gasteiger charge is 2.19. The first-order valence-electron chi connectivity index (χ1n) is 3.43. The van der Waals surface area contributed by atoms with E-state index < -0.39 is 0 Å². The summed E-state index contributed by atoms with van der Waals surface area (Å²) in [5, 5.41) is 3.10. The topological polar surface area (TPSA) is 12.0 Å². The molecule has 0 saturated carbocycles. The molecule has 0 aliphatic carbocycles. The van der Waals surface area contributed by atoms with Gasteiger partial charge in [-0.3, -0.25) is 5.32 Å². The van der Waals surface area contributed by atoms with Crippen molar-refractivity contribution in [3.63, 3.8) is 0 Å². The highest BCUT2D eigenvalue weighted by Crippen LogP contribution is 2.19. The average Bonchev–Trinajstić information content (AvgIpc) is 1.89. The van der Waals surface area contributed by atoms with Crippen LogP contribution in [-0.4, -0.2) is 5.00 Å². The fourth-order valence-electron chi connectivity index (χ4n) is 0.713. The van der Waals surface area contributed by atoms with Crippen molar-refractivity contribution in [1.82, 2.24) is 5.32 Å². The molecule has 0 rings (SSSR count). The van der Waals surface area contributed by atoms with E-state index in [1.54, 1.807) is 0 Å². The Morgan fingerprint density at radius 1 is 1.44 bits per heavy atom. The van der Waals surface area contributed by atoms with Crippen LogP contribution in [0.1, 0.15) is 33.6 Å². The number of rotatable bonds is 4. The molecule has 9 heavy (non-hydrogen) atoms. The van der Waals surface area contributed by atoms with Crippen LogP contribution in [0.25, 0.3) is 0 Å². The lowest BCUT2D eigenvalue weighted by Crippen LogP contribution is -2.35. The molecule has 55 valence electrons. The summed E-state index contributed by atoms with van der Waals surface area (Å²) in [4.78, 5) is -0.200. The summed E-state index contributed by atoms with van der Waals surface area (Å²) in [7, 11) is 0. The molecule has 2 heteroatoms. The lowest BCUT2D eigenvalue weighted by Gasteiger charge is -2.24. The van der Waals surface area contributed by atoms with Crippen LogP contribution < -0.4 is 5.32 Å². The molecule has 0 fully saturated rings. The Labute approximate surface area is 62.8 Å². The Kier molecular flexibility index (Phi) is 4.24. The molecule has 0 spiro atoms. The first-order chi connectivity index (χ1) is 4.18. The van der Waals surface area contributed by atoms with Gasteiger partial charge in [-0.25, -0.2) is 0 Å². The first-order valence-corrected chi connectivity index (χ1v) is 3.80. The smallest absolute Gasteiger partial charge is 0.0932 e. The highest BCUT2D eigenvalue weighted by atomic mass is 35.5. The molecule has 1 radical (unpaired) electrons. The maximum Gasteiger partial charge on any atom is 0.0932 e. The predicted molar refractivity (Wildman–Crippen MR) is 42.3 cm³/mol. The average molecular weight is 149 g/mol. The Morgan fingerprint density at radius 3 is 2.00 bits per heavy atom. The zero-order valence-electron chi connectivity index (χ0n) is 6.37. The van der Waals surface area contributed by atoms with Gasteiger partial charge in [0.05, 0.1) is 5.00 Å². The SMILES string of the molecule is C[CH]NC(Cl)(CC)CC. The first kappa shape index (κ1) is 9.25. The molecular weight excluding hydrogens is 134 g/mol. The Hall–Kier alpha value is 0.250. The molecular formula is C7H15ClN. The maximum absolute atomic E-state index is 6.07. The van der Waals surface area contributed by atoms with Gasteiger partial charge in [-0.15, -0.1) is 11.6 Å². The van der Waals surface area contributed by atoms with Gasteiger partial charge in [0.25, 0.3) is 0 Å². The molecule has 0 aliphatic heterocycles. The Morgan fingerprint density at radius 2 is 1.89 bits per heavy atom. The molecule has 0 unspecified atom stereocenters. The minimum Gasteiger partial charge on any atom is -0.295 e. The van der Waals surface area contributed by atoms with Gasteiger partial charge in [-0.2, -0.15) is 0 Å². The molecule has 1 N–H and O–H groups in total. The van der Waals surface area contributed by atoms with Crippen LogP contribution in [0.4, 0.5) is 0 Å². The lowest BCUT2D eigenvalue weighted by atomic mass is 10.1. The van der Waals surface area contributed by atoms with Gasteiger partial charge in [-0.05, 0) is 19.8 Å². The quantitative estimate of drug-likeness (QED) is 0.477. The summed E-state index contributed by atoms with van der Waals surface area (Å²) in [6, 6.07) is 0. The third kappa shape index (κ3) is 3.07. The van der Waals surface area contributed by atoms with E-state index in [1.807, 2.05) is 13.5 Å². The third-order valence-electron chi connectivity index (χ3n) is 1.52. The number of hydrogen-bond donors (Lipinski definition) is 1. The van der Waals surface area contributed by atoms with Crippen LogP contribution in [0.15, 0.2) is 0 Å². The van der Waals surface area contributed by atoms with Crippen molar-refractivity contribution in [2.75, 3.05) is 0 Å². The van der Waals surface area contributed by atoms with Gasteiger partial charge >= 0.3 is 0 Å². The van der Waals surface area contributed by atoms with E-state index in [9.17, 15) is 0 Å². The highest BCUT2D eigenvalue weighted by molar-refractivity contribution is 6.23. The molecule has 0 bridgehead atoms. The Bertz CT molecular complexity index is 69.3. The number of nitrogens with one attached hydrogen (secondary N) is 1. The minimum atomic E-state index is -0.200. The standard InChI is InChI=1S/C7H15ClN/c1-4-7(8,5-2)9-6-3/h6,9H,4-5H2,1-3H3. The molecule has 0 atom stereocenters. The normalized spacial score (nSPS) is 12.0. The zero-order chi connectivity index (χ0) is 7.33. The van der Waals surface area contributed by atoms with Crippen molar-refractivity contribution in [3.05, 3.63) is 6.54 Å². The van der Waals surface area contributed by atoms with E-state index in [0.29, 0.717) is 0 Å².